The Labute approximate surface area is 117 Å². The predicted molar refractivity (Wildman–Crippen MR) is 76.0 cm³/mol. The normalized spacial score (nSPS) is 16.8. The van der Waals surface area contributed by atoms with Crippen molar-refractivity contribution < 1.29 is 4.79 Å². The molecule has 2 aromatic rings. The van der Waals surface area contributed by atoms with Gasteiger partial charge in [0.05, 0.1) is 17.1 Å². The zero-order valence-corrected chi connectivity index (χ0v) is 11.1. The molecular formula is C16H15N3O. The summed E-state index contributed by atoms with van der Waals surface area (Å²) in [5.74, 6) is -0.188. The summed E-state index contributed by atoms with van der Waals surface area (Å²) in [5.41, 5.74) is 0.677. The molecule has 0 spiro atoms. The molecule has 1 N–H and O–H groups in total. The minimum absolute atomic E-state index is 0.188. The molecule has 1 fully saturated rings. The number of benzene rings is 1. The number of aromatic nitrogens is 1. The highest BCUT2D eigenvalue weighted by Crippen LogP contribution is 2.29. The maximum atomic E-state index is 12.5. The van der Waals surface area contributed by atoms with E-state index in [2.05, 4.69) is 16.4 Å². The van der Waals surface area contributed by atoms with Gasteiger partial charge < -0.3 is 5.32 Å². The third-order valence-electron chi connectivity index (χ3n) is 3.92. The number of nitrogens with zero attached hydrogens (tertiary/aromatic N) is 2. The van der Waals surface area contributed by atoms with Crippen molar-refractivity contribution in [2.45, 2.75) is 31.2 Å². The maximum absolute atomic E-state index is 12.5. The lowest BCUT2D eigenvalue weighted by atomic mass is 9.98. The molecule has 20 heavy (non-hydrogen) atoms. The molecule has 4 heteroatoms. The summed E-state index contributed by atoms with van der Waals surface area (Å²) >= 11 is 0. The average molecular weight is 265 g/mol. The highest BCUT2D eigenvalue weighted by atomic mass is 16.1. The first-order valence-corrected chi connectivity index (χ1v) is 6.82. The summed E-state index contributed by atoms with van der Waals surface area (Å²) in [6.45, 7) is 0. The monoisotopic (exact) mass is 265 g/mol. The fraction of sp³-hybridized carbons (Fsp3) is 0.312. The molecule has 0 aliphatic heterocycles. The number of fused-ring (bicyclic) bond motifs is 1. The number of carbonyl (C=O) groups is 1. The first-order valence-electron chi connectivity index (χ1n) is 6.82. The molecule has 100 valence electrons. The number of amides is 1. The van der Waals surface area contributed by atoms with Gasteiger partial charge >= 0.3 is 0 Å². The van der Waals surface area contributed by atoms with Crippen LogP contribution in [0.5, 0.6) is 0 Å². The van der Waals surface area contributed by atoms with E-state index in [9.17, 15) is 10.1 Å². The van der Waals surface area contributed by atoms with Gasteiger partial charge in [0.25, 0.3) is 5.91 Å². The van der Waals surface area contributed by atoms with Gasteiger partial charge in [0.15, 0.2) is 0 Å². The Kier molecular flexibility index (Phi) is 3.11. The fourth-order valence-corrected chi connectivity index (χ4v) is 2.82. The minimum atomic E-state index is -0.693. The summed E-state index contributed by atoms with van der Waals surface area (Å²) in [7, 11) is 0. The zero-order valence-electron chi connectivity index (χ0n) is 11.1. The molecule has 1 aliphatic rings. The smallest absolute Gasteiger partial charge is 0.253 e. The second-order valence-corrected chi connectivity index (χ2v) is 5.23. The van der Waals surface area contributed by atoms with Crippen molar-refractivity contribution in [2.75, 3.05) is 0 Å². The first-order chi connectivity index (χ1) is 9.74. The third-order valence-corrected chi connectivity index (χ3v) is 3.92. The van der Waals surface area contributed by atoms with Gasteiger partial charge in [0, 0.05) is 11.6 Å². The molecule has 0 saturated heterocycles. The van der Waals surface area contributed by atoms with Gasteiger partial charge in [-0.2, -0.15) is 5.26 Å². The lowest BCUT2D eigenvalue weighted by Gasteiger charge is -2.22. The van der Waals surface area contributed by atoms with Crippen molar-refractivity contribution in [3.63, 3.8) is 0 Å². The second kappa shape index (κ2) is 4.93. The number of rotatable bonds is 2. The van der Waals surface area contributed by atoms with Crippen LogP contribution in [-0.4, -0.2) is 16.4 Å². The van der Waals surface area contributed by atoms with E-state index in [-0.39, 0.29) is 5.91 Å². The Morgan fingerprint density at radius 2 is 2.00 bits per heavy atom. The van der Waals surface area contributed by atoms with E-state index in [1.54, 1.807) is 12.3 Å². The Hall–Kier alpha value is -2.41. The Balaban J connectivity index is 1.95. The topological polar surface area (TPSA) is 65.8 Å². The van der Waals surface area contributed by atoms with Crippen molar-refractivity contribution in [3.05, 3.63) is 42.1 Å². The zero-order chi connectivity index (χ0) is 14.0. The number of pyridine rings is 1. The van der Waals surface area contributed by atoms with Gasteiger partial charge in [-0.25, -0.2) is 0 Å². The van der Waals surface area contributed by atoms with Crippen LogP contribution in [0.25, 0.3) is 10.9 Å². The summed E-state index contributed by atoms with van der Waals surface area (Å²) < 4.78 is 0. The van der Waals surface area contributed by atoms with Crippen molar-refractivity contribution in [1.82, 2.24) is 10.3 Å². The molecule has 0 unspecified atom stereocenters. The number of nitriles is 1. The largest absolute Gasteiger partial charge is 0.334 e. The van der Waals surface area contributed by atoms with E-state index in [0.29, 0.717) is 5.56 Å². The molecule has 1 saturated carbocycles. The summed E-state index contributed by atoms with van der Waals surface area (Å²) in [4.78, 5) is 16.7. The number of carbonyl (C=O) groups excluding carboxylic acids is 1. The molecule has 4 nitrogen and oxygen atoms in total. The lowest BCUT2D eigenvalue weighted by molar-refractivity contribution is 0.0922. The van der Waals surface area contributed by atoms with Crippen LogP contribution in [0, 0.1) is 11.3 Å². The van der Waals surface area contributed by atoms with Crippen molar-refractivity contribution >= 4 is 16.8 Å². The van der Waals surface area contributed by atoms with Crippen LogP contribution in [0.15, 0.2) is 36.5 Å². The van der Waals surface area contributed by atoms with Crippen LogP contribution in [0.1, 0.15) is 36.0 Å². The Bertz CT molecular complexity index is 691. The number of para-hydroxylation sites is 1. The molecule has 1 amide bonds. The highest BCUT2D eigenvalue weighted by Gasteiger charge is 2.35. The second-order valence-electron chi connectivity index (χ2n) is 5.23. The van der Waals surface area contributed by atoms with E-state index in [1.165, 1.54) is 0 Å². The van der Waals surface area contributed by atoms with Crippen molar-refractivity contribution in [1.29, 1.82) is 5.26 Å². The first kappa shape index (κ1) is 12.6. The average Bonchev–Trinajstić information content (AvgIpc) is 2.95. The fourth-order valence-electron chi connectivity index (χ4n) is 2.82. The van der Waals surface area contributed by atoms with Gasteiger partial charge in [0.1, 0.15) is 5.54 Å². The minimum Gasteiger partial charge on any atom is -0.334 e. The standard InChI is InChI=1S/C16H15N3O/c17-11-16(8-3-4-9-16)19-15(20)13-7-10-18-14-6-2-1-5-12(13)14/h1-2,5-7,10H,3-4,8-9H2,(H,19,20). The molecule has 1 aromatic heterocycles. The number of hydrogen-bond acceptors (Lipinski definition) is 3. The summed E-state index contributed by atoms with van der Waals surface area (Å²) in [5, 5.41) is 13.1. The SMILES string of the molecule is N#CC1(NC(=O)c2ccnc3ccccc23)CCCC1. The molecule has 0 atom stereocenters. The molecule has 1 aliphatic carbocycles. The van der Waals surface area contributed by atoms with Crippen LogP contribution in [0.2, 0.25) is 0 Å². The highest BCUT2D eigenvalue weighted by molar-refractivity contribution is 6.06. The van der Waals surface area contributed by atoms with E-state index in [4.69, 9.17) is 0 Å². The quantitative estimate of drug-likeness (QED) is 0.908. The van der Waals surface area contributed by atoms with E-state index < -0.39 is 5.54 Å². The van der Waals surface area contributed by atoms with Crippen LogP contribution in [0.4, 0.5) is 0 Å². The molecule has 1 heterocycles. The Morgan fingerprint density at radius 3 is 2.75 bits per heavy atom. The van der Waals surface area contributed by atoms with Gasteiger partial charge in [-0.1, -0.05) is 18.2 Å². The Morgan fingerprint density at radius 1 is 1.25 bits per heavy atom. The van der Waals surface area contributed by atoms with Crippen LogP contribution >= 0.6 is 0 Å². The van der Waals surface area contributed by atoms with E-state index in [0.717, 1.165) is 36.6 Å². The van der Waals surface area contributed by atoms with Gasteiger partial charge in [-0.15, -0.1) is 0 Å². The van der Waals surface area contributed by atoms with Crippen molar-refractivity contribution in [3.8, 4) is 6.07 Å². The van der Waals surface area contributed by atoms with Gasteiger partial charge in [-0.05, 0) is 37.8 Å². The van der Waals surface area contributed by atoms with Crippen LogP contribution in [0.3, 0.4) is 0 Å². The van der Waals surface area contributed by atoms with Crippen LogP contribution in [-0.2, 0) is 0 Å². The van der Waals surface area contributed by atoms with Crippen molar-refractivity contribution in [2.24, 2.45) is 0 Å². The van der Waals surface area contributed by atoms with Gasteiger partial charge in [-0.3, -0.25) is 9.78 Å². The van der Waals surface area contributed by atoms with Gasteiger partial charge in [0.2, 0.25) is 0 Å². The maximum Gasteiger partial charge on any atom is 0.253 e. The molecule has 0 radical (unpaired) electrons. The number of hydrogen-bond donors (Lipinski definition) is 1. The predicted octanol–water partition coefficient (Wildman–Crippen LogP) is 2.80. The van der Waals surface area contributed by atoms with E-state index >= 15 is 0 Å². The third kappa shape index (κ3) is 2.12. The lowest BCUT2D eigenvalue weighted by Crippen LogP contribution is -2.45. The van der Waals surface area contributed by atoms with Crippen LogP contribution < -0.4 is 5.32 Å². The molecule has 0 bridgehead atoms. The molecule has 1 aromatic carbocycles. The molecule has 3 rings (SSSR count). The number of nitrogens with one attached hydrogen (secondary N) is 1. The summed E-state index contributed by atoms with van der Waals surface area (Å²) in [6.07, 6.45) is 5.08. The van der Waals surface area contributed by atoms with E-state index in [1.807, 2.05) is 24.3 Å². The summed E-state index contributed by atoms with van der Waals surface area (Å²) in [6, 6.07) is 11.5. The molecular weight excluding hydrogens is 250 g/mol.